The molecule has 24 heavy (non-hydrogen) atoms. The normalized spacial score (nSPS) is 10.6. The van der Waals surface area contributed by atoms with Gasteiger partial charge in [0.1, 0.15) is 11.3 Å². The minimum absolute atomic E-state index is 0.0813. The third-order valence-electron chi connectivity index (χ3n) is 3.71. The van der Waals surface area contributed by atoms with Crippen LogP contribution in [-0.4, -0.2) is 22.1 Å². The molecule has 0 aliphatic heterocycles. The summed E-state index contributed by atoms with van der Waals surface area (Å²) in [6.45, 7) is 1.80. The fourth-order valence-electron chi connectivity index (χ4n) is 2.42. The molecule has 0 amide bonds. The number of aryl methyl sites for hydroxylation is 1. The summed E-state index contributed by atoms with van der Waals surface area (Å²) in [4.78, 5) is 14.9. The van der Waals surface area contributed by atoms with Gasteiger partial charge in [0, 0.05) is 35.1 Å². The van der Waals surface area contributed by atoms with E-state index in [4.69, 9.17) is 4.74 Å². The zero-order valence-corrected chi connectivity index (χ0v) is 13.1. The monoisotopic (exact) mass is 325 g/mol. The van der Waals surface area contributed by atoms with E-state index in [-0.39, 0.29) is 11.4 Å². The van der Waals surface area contributed by atoms with Gasteiger partial charge in [0.2, 0.25) is 0 Å². The summed E-state index contributed by atoms with van der Waals surface area (Å²) in [7, 11) is 1.44. The maximum Gasteiger partial charge on any atom is 0.273 e. The lowest BCUT2D eigenvalue weighted by molar-refractivity contribution is -0.384. The number of rotatable bonds is 4. The van der Waals surface area contributed by atoms with Gasteiger partial charge in [-0.25, -0.2) is 0 Å². The lowest BCUT2D eigenvalue weighted by atomic mass is 10.1. The highest BCUT2D eigenvalue weighted by Crippen LogP contribution is 2.35. The molecular weight excluding hydrogens is 310 g/mol. The Morgan fingerprint density at radius 1 is 1.25 bits per heavy atom. The molecule has 0 unspecified atom stereocenters. The van der Waals surface area contributed by atoms with E-state index in [1.54, 1.807) is 31.3 Å². The van der Waals surface area contributed by atoms with Crippen LogP contribution in [0.4, 0.5) is 17.1 Å². The number of nitro benzene ring substituents is 1. The van der Waals surface area contributed by atoms with Crippen molar-refractivity contribution in [2.75, 3.05) is 12.4 Å². The summed E-state index contributed by atoms with van der Waals surface area (Å²) in [6.07, 6.45) is 1.59. The molecule has 0 aliphatic rings. The van der Waals surface area contributed by atoms with Gasteiger partial charge in [0.15, 0.2) is 5.75 Å². The van der Waals surface area contributed by atoms with E-state index in [2.05, 4.69) is 10.3 Å². The van der Waals surface area contributed by atoms with E-state index in [0.717, 1.165) is 5.56 Å². The number of nitro groups is 1. The molecule has 0 aliphatic carbocycles. The van der Waals surface area contributed by atoms with Gasteiger partial charge < -0.3 is 15.2 Å². The van der Waals surface area contributed by atoms with E-state index in [9.17, 15) is 15.2 Å². The smallest absolute Gasteiger partial charge is 0.273 e. The molecule has 0 saturated carbocycles. The fourth-order valence-corrected chi connectivity index (χ4v) is 2.42. The number of fused-ring (bicyclic) bond motifs is 1. The standard InChI is InChI=1S/C17H15N3O4/c1-10-3-4-11(7-15(10)21)19-14-5-6-18-17-13(14)8-12(20(22)23)9-16(17)24-2/h3-9,21H,1-2H3,(H,18,19). The van der Waals surface area contributed by atoms with Crippen LogP contribution in [0.15, 0.2) is 42.6 Å². The third-order valence-corrected chi connectivity index (χ3v) is 3.71. The average Bonchev–Trinajstić information content (AvgIpc) is 2.57. The Kier molecular flexibility index (Phi) is 3.91. The van der Waals surface area contributed by atoms with Crippen LogP contribution in [0.3, 0.4) is 0 Å². The molecule has 122 valence electrons. The predicted molar refractivity (Wildman–Crippen MR) is 91.1 cm³/mol. The van der Waals surface area contributed by atoms with Crippen molar-refractivity contribution in [2.24, 2.45) is 0 Å². The summed E-state index contributed by atoms with van der Waals surface area (Å²) in [5.74, 6) is 0.497. The second-order valence-electron chi connectivity index (χ2n) is 5.29. The number of ether oxygens (including phenoxy) is 1. The summed E-state index contributed by atoms with van der Waals surface area (Å²) in [5, 5.41) is 24.7. The number of anilines is 2. The van der Waals surface area contributed by atoms with Crippen LogP contribution in [0, 0.1) is 17.0 Å². The van der Waals surface area contributed by atoms with E-state index in [1.165, 1.54) is 19.2 Å². The largest absolute Gasteiger partial charge is 0.508 e. The van der Waals surface area contributed by atoms with Crippen LogP contribution in [0.2, 0.25) is 0 Å². The van der Waals surface area contributed by atoms with Crippen molar-refractivity contribution in [3.8, 4) is 11.5 Å². The molecule has 2 N–H and O–H groups in total. The fraction of sp³-hybridized carbons (Fsp3) is 0.118. The first-order chi connectivity index (χ1) is 11.5. The van der Waals surface area contributed by atoms with Gasteiger partial charge in [0.25, 0.3) is 5.69 Å². The van der Waals surface area contributed by atoms with Crippen LogP contribution in [0.5, 0.6) is 11.5 Å². The molecule has 7 nitrogen and oxygen atoms in total. The highest BCUT2D eigenvalue weighted by molar-refractivity contribution is 5.97. The lowest BCUT2D eigenvalue weighted by Crippen LogP contribution is -1.97. The van der Waals surface area contributed by atoms with Gasteiger partial charge in [-0.3, -0.25) is 15.1 Å². The molecule has 0 spiro atoms. The number of aromatic hydroxyl groups is 1. The summed E-state index contributed by atoms with van der Waals surface area (Å²) >= 11 is 0. The first-order valence-electron chi connectivity index (χ1n) is 7.17. The van der Waals surface area contributed by atoms with Crippen LogP contribution in [-0.2, 0) is 0 Å². The third kappa shape index (κ3) is 2.79. The van der Waals surface area contributed by atoms with Gasteiger partial charge >= 0.3 is 0 Å². The minimum Gasteiger partial charge on any atom is -0.508 e. The molecule has 0 radical (unpaired) electrons. The molecule has 0 atom stereocenters. The number of methoxy groups -OCH3 is 1. The Balaban J connectivity index is 2.15. The van der Waals surface area contributed by atoms with Crippen molar-refractivity contribution >= 4 is 28.0 Å². The van der Waals surface area contributed by atoms with Gasteiger partial charge in [-0.2, -0.15) is 0 Å². The number of phenolic OH excluding ortho intramolecular Hbond substituents is 1. The van der Waals surface area contributed by atoms with E-state index in [1.807, 2.05) is 6.07 Å². The molecule has 1 aromatic heterocycles. The average molecular weight is 325 g/mol. The quantitative estimate of drug-likeness (QED) is 0.557. The van der Waals surface area contributed by atoms with Gasteiger partial charge in [-0.1, -0.05) is 6.07 Å². The second-order valence-corrected chi connectivity index (χ2v) is 5.29. The van der Waals surface area contributed by atoms with Gasteiger partial charge in [-0.05, 0) is 24.6 Å². The Labute approximate surface area is 137 Å². The number of non-ortho nitro benzene ring substituents is 1. The molecule has 3 aromatic rings. The first-order valence-corrected chi connectivity index (χ1v) is 7.17. The van der Waals surface area contributed by atoms with E-state index < -0.39 is 4.92 Å². The molecular formula is C17H15N3O4. The number of pyridine rings is 1. The summed E-state index contributed by atoms with van der Waals surface area (Å²) in [5.41, 5.74) is 2.49. The summed E-state index contributed by atoms with van der Waals surface area (Å²) < 4.78 is 5.22. The minimum atomic E-state index is -0.476. The van der Waals surface area contributed by atoms with Crippen molar-refractivity contribution in [2.45, 2.75) is 6.92 Å². The van der Waals surface area contributed by atoms with Gasteiger partial charge in [-0.15, -0.1) is 0 Å². The Morgan fingerprint density at radius 2 is 2.04 bits per heavy atom. The highest BCUT2D eigenvalue weighted by atomic mass is 16.6. The number of phenols is 1. The first kappa shape index (κ1) is 15.5. The Bertz CT molecular complexity index is 941. The zero-order valence-electron chi connectivity index (χ0n) is 13.1. The maximum atomic E-state index is 11.1. The number of nitrogens with zero attached hydrogens (tertiary/aromatic N) is 2. The predicted octanol–water partition coefficient (Wildman–Crippen LogP) is 3.91. The van der Waals surface area contributed by atoms with Crippen molar-refractivity contribution in [3.05, 3.63) is 58.3 Å². The zero-order chi connectivity index (χ0) is 17.3. The topological polar surface area (TPSA) is 97.5 Å². The number of benzene rings is 2. The van der Waals surface area contributed by atoms with Crippen LogP contribution in [0.1, 0.15) is 5.56 Å². The number of aromatic nitrogens is 1. The molecule has 0 bridgehead atoms. The molecule has 0 saturated heterocycles. The molecule has 0 fully saturated rings. The SMILES string of the molecule is COc1cc([N+](=O)[O-])cc2c(Nc3ccc(C)c(O)c3)ccnc12. The Hall–Kier alpha value is -3.35. The highest BCUT2D eigenvalue weighted by Gasteiger charge is 2.15. The van der Waals surface area contributed by atoms with Crippen molar-refractivity contribution in [3.63, 3.8) is 0 Å². The second kappa shape index (κ2) is 6.04. The van der Waals surface area contributed by atoms with Crippen LogP contribution >= 0.6 is 0 Å². The maximum absolute atomic E-state index is 11.1. The van der Waals surface area contributed by atoms with Crippen molar-refractivity contribution in [1.29, 1.82) is 0 Å². The molecule has 3 rings (SSSR count). The van der Waals surface area contributed by atoms with E-state index >= 15 is 0 Å². The molecule has 7 heteroatoms. The van der Waals surface area contributed by atoms with Gasteiger partial charge in [0.05, 0.1) is 18.1 Å². The lowest BCUT2D eigenvalue weighted by Gasteiger charge is -2.12. The van der Waals surface area contributed by atoms with Crippen LogP contribution in [0.25, 0.3) is 10.9 Å². The summed E-state index contributed by atoms with van der Waals surface area (Å²) in [6, 6.07) is 9.69. The number of hydrogen-bond acceptors (Lipinski definition) is 6. The van der Waals surface area contributed by atoms with E-state index in [0.29, 0.717) is 28.0 Å². The number of nitrogens with one attached hydrogen (secondary N) is 1. The van der Waals surface area contributed by atoms with Crippen LogP contribution < -0.4 is 10.1 Å². The number of hydrogen-bond donors (Lipinski definition) is 2. The molecule has 1 heterocycles. The van der Waals surface area contributed by atoms with Crippen molar-refractivity contribution in [1.82, 2.24) is 4.98 Å². The Morgan fingerprint density at radius 3 is 2.71 bits per heavy atom. The molecule has 2 aromatic carbocycles. The van der Waals surface area contributed by atoms with Crippen molar-refractivity contribution < 1.29 is 14.8 Å².